The molecule has 134 valence electrons. The van der Waals surface area contributed by atoms with Crippen molar-refractivity contribution in [3.63, 3.8) is 0 Å². The van der Waals surface area contributed by atoms with E-state index in [2.05, 4.69) is 6.92 Å². The Morgan fingerprint density at radius 2 is 1.09 bits per heavy atom. The van der Waals surface area contributed by atoms with Gasteiger partial charge in [-0.2, -0.15) is 0 Å². The van der Waals surface area contributed by atoms with Crippen LogP contribution in [-0.2, 0) is 33.5 Å². The van der Waals surface area contributed by atoms with E-state index in [0.29, 0.717) is 46.2 Å². The molecule has 0 aromatic heterocycles. The second-order valence-corrected chi connectivity index (χ2v) is 5.96. The van der Waals surface area contributed by atoms with E-state index < -0.39 is 5.41 Å². The summed E-state index contributed by atoms with van der Waals surface area (Å²) in [6.07, 6.45) is 0. The topological polar surface area (TPSA) is 64.6 Å². The van der Waals surface area contributed by atoms with Crippen LogP contribution in [0.1, 0.15) is 6.92 Å². The van der Waals surface area contributed by atoms with Crippen LogP contribution in [0.4, 0.5) is 0 Å². The smallest absolute Gasteiger partial charge is 0.0945 e. The van der Waals surface area contributed by atoms with E-state index in [1.807, 2.05) is 0 Å². The predicted octanol–water partition coefficient (Wildman–Crippen LogP) is 1.16. The molecule has 7 nitrogen and oxygen atoms in total. The molecule has 22 heavy (non-hydrogen) atoms. The van der Waals surface area contributed by atoms with Gasteiger partial charge in [0.25, 0.3) is 0 Å². The summed E-state index contributed by atoms with van der Waals surface area (Å²) in [5.74, 6) is 0. The lowest BCUT2D eigenvalue weighted by atomic mass is 9.91. The monoisotopic (exact) mass is 324 g/mol. The van der Waals surface area contributed by atoms with Gasteiger partial charge < -0.3 is 23.7 Å². The molecule has 0 aromatic carbocycles. The number of hydrogen-bond acceptors (Lipinski definition) is 7. The summed E-state index contributed by atoms with van der Waals surface area (Å²) < 4.78 is 27.0. The van der Waals surface area contributed by atoms with Gasteiger partial charge in [0.1, 0.15) is 0 Å². The van der Waals surface area contributed by atoms with Crippen LogP contribution in [0.5, 0.6) is 0 Å². The third kappa shape index (κ3) is 8.38. The molecule has 0 rings (SSSR count). The molecule has 0 amide bonds. The van der Waals surface area contributed by atoms with Crippen LogP contribution in [0.3, 0.4) is 0 Å². The second-order valence-electron chi connectivity index (χ2n) is 5.96. The highest BCUT2D eigenvalue weighted by molar-refractivity contribution is 4.80. The van der Waals surface area contributed by atoms with Gasteiger partial charge in [0, 0.05) is 33.9 Å². The van der Waals surface area contributed by atoms with Gasteiger partial charge in [-0.25, -0.2) is 9.78 Å². The SMILES string of the molecule is COCC(C)(COC)COCC(COC)(COC)COOC. The Balaban J connectivity index is 4.63. The number of rotatable bonds is 15. The Morgan fingerprint density at radius 3 is 1.50 bits per heavy atom. The molecular formula is C15H32O7. The highest BCUT2D eigenvalue weighted by Crippen LogP contribution is 2.23. The Bertz CT molecular complexity index is 248. The van der Waals surface area contributed by atoms with Gasteiger partial charge in [-0.15, -0.1) is 0 Å². The van der Waals surface area contributed by atoms with Gasteiger partial charge in [0.2, 0.25) is 0 Å². The zero-order valence-electron chi connectivity index (χ0n) is 14.8. The third-order valence-corrected chi connectivity index (χ3v) is 3.23. The molecule has 0 bridgehead atoms. The van der Waals surface area contributed by atoms with Gasteiger partial charge in [0.05, 0.1) is 58.8 Å². The number of ether oxygens (including phenoxy) is 5. The maximum atomic E-state index is 5.92. The molecule has 0 aliphatic heterocycles. The van der Waals surface area contributed by atoms with E-state index in [-0.39, 0.29) is 5.41 Å². The average Bonchev–Trinajstić information content (AvgIpc) is 2.46. The first-order chi connectivity index (χ1) is 10.5. The fourth-order valence-electron chi connectivity index (χ4n) is 2.38. The maximum Gasteiger partial charge on any atom is 0.0945 e. The van der Waals surface area contributed by atoms with Crippen LogP contribution in [0.15, 0.2) is 0 Å². The first-order valence-electron chi connectivity index (χ1n) is 7.20. The molecule has 0 unspecified atom stereocenters. The van der Waals surface area contributed by atoms with Crippen molar-refractivity contribution >= 4 is 0 Å². The first-order valence-corrected chi connectivity index (χ1v) is 7.20. The Labute approximate surface area is 134 Å². The molecule has 0 fully saturated rings. The maximum absolute atomic E-state index is 5.92. The van der Waals surface area contributed by atoms with Crippen molar-refractivity contribution in [3.8, 4) is 0 Å². The number of methoxy groups -OCH3 is 4. The fraction of sp³-hybridized carbons (Fsp3) is 1.00. The van der Waals surface area contributed by atoms with E-state index in [9.17, 15) is 0 Å². The van der Waals surface area contributed by atoms with Crippen LogP contribution in [0.25, 0.3) is 0 Å². The Hall–Kier alpha value is -0.280. The van der Waals surface area contributed by atoms with E-state index in [4.69, 9.17) is 33.5 Å². The van der Waals surface area contributed by atoms with E-state index in [0.717, 1.165) is 0 Å². The minimum atomic E-state index is -0.430. The standard InChI is InChI=1S/C15H32O7/c1-14(7-16-2,8-17-3)9-21-12-15(10-18-4,11-19-5)13-22-20-6/h7-13H2,1-6H3. The molecule has 0 aliphatic carbocycles. The van der Waals surface area contributed by atoms with Crippen LogP contribution < -0.4 is 0 Å². The van der Waals surface area contributed by atoms with Crippen molar-refractivity contribution in [1.82, 2.24) is 0 Å². The lowest BCUT2D eigenvalue weighted by Crippen LogP contribution is -2.43. The quantitative estimate of drug-likeness (QED) is 0.331. The summed E-state index contributed by atoms with van der Waals surface area (Å²) in [6.45, 7) is 5.27. The molecule has 7 heteroatoms. The third-order valence-electron chi connectivity index (χ3n) is 3.23. The zero-order chi connectivity index (χ0) is 16.9. The molecule has 0 heterocycles. The van der Waals surface area contributed by atoms with E-state index in [1.54, 1.807) is 28.4 Å². The number of hydrogen-bond donors (Lipinski definition) is 0. The zero-order valence-corrected chi connectivity index (χ0v) is 14.8. The van der Waals surface area contributed by atoms with Crippen molar-refractivity contribution in [1.29, 1.82) is 0 Å². The molecule has 0 aromatic rings. The van der Waals surface area contributed by atoms with Gasteiger partial charge in [-0.3, -0.25) is 0 Å². The Morgan fingerprint density at radius 1 is 0.591 bits per heavy atom. The minimum absolute atomic E-state index is 0.211. The Kier molecular flexibility index (Phi) is 12.0. The van der Waals surface area contributed by atoms with Gasteiger partial charge in [-0.1, -0.05) is 6.92 Å². The van der Waals surface area contributed by atoms with Crippen LogP contribution >= 0.6 is 0 Å². The van der Waals surface area contributed by atoms with Crippen molar-refractivity contribution in [2.24, 2.45) is 10.8 Å². The van der Waals surface area contributed by atoms with E-state index in [1.165, 1.54) is 7.11 Å². The van der Waals surface area contributed by atoms with Crippen molar-refractivity contribution in [3.05, 3.63) is 0 Å². The lowest BCUT2D eigenvalue weighted by molar-refractivity contribution is -0.299. The van der Waals surface area contributed by atoms with Gasteiger partial charge in [-0.05, 0) is 0 Å². The molecular weight excluding hydrogens is 292 g/mol. The van der Waals surface area contributed by atoms with Crippen molar-refractivity contribution in [2.75, 3.05) is 81.8 Å². The normalized spacial score (nSPS) is 12.8. The summed E-state index contributed by atoms with van der Waals surface area (Å²) in [7, 11) is 8.08. The fourth-order valence-corrected chi connectivity index (χ4v) is 2.38. The molecule has 0 radical (unpaired) electrons. The summed E-state index contributed by atoms with van der Waals surface area (Å²) in [5.41, 5.74) is -0.641. The molecule has 0 spiro atoms. The second kappa shape index (κ2) is 12.2. The predicted molar refractivity (Wildman–Crippen MR) is 81.8 cm³/mol. The summed E-state index contributed by atoms with van der Waals surface area (Å²) in [5, 5.41) is 0. The molecule has 0 N–H and O–H groups in total. The largest absolute Gasteiger partial charge is 0.384 e. The highest BCUT2D eigenvalue weighted by atomic mass is 17.2. The average molecular weight is 324 g/mol. The minimum Gasteiger partial charge on any atom is -0.384 e. The van der Waals surface area contributed by atoms with Crippen molar-refractivity contribution in [2.45, 2.75) is 6.92 Å². The van der Waals surface area contributed by atoms with Crippen LogP contribution in [0.2, 0.25) is 0 Å². The summed E-state index contributed by atoms with van der Waals surface area (Å²) >= 11 is 0. The van der Waals surface area contributed by atoms with E-state index >= 15 is 0 Å². The molecule has 0 saturated carbocycles. The first kappa shape index (κ1) is 21.7. The van der Waals surface area contributed by atoms with Gasteiger partial charge in [0.15, 0.2) is 0 Å². The van der Waals surface area contributed by atoms with Crippen LogP contribution in [-0.4, -0.2) is 81.8 Å². The van der Waals surface area contributed by atoms with Crippen LogP contribution in [0, 0.1) is 10.8 Å². The van der Waals surface area contributed by atoms with Crippen molar-refractivity contribution < 1.29 is 33.5 Å². The molecule has 0 saturated heterocycles. The highest BCUT2D eigenvalue weighted by Gasteiger charge is 2.34. The lowest BCUT2D eigenvalue weighted by Gasteiger charge is -2.33. The van der Waals surface area contributed by atoms with Gasteiger partial charge >= 0.3 is 0 Å². The molecule has 0 atom stereocenters. The summed E-state index contributed by atoms with van der Waals surface area (Å²) in [4.78, 5) is 9.80. The summed E-state index contributed by atoms with van der Waals surface area (Å²) in [6, 6.07) is 0. The molecule has 0 aliphatic rings.